The minimum atomic E-state index is 0. The molecule has 56 valence electrons. The lowest BCUT2D eigenvalue weighted by Crippen LogP contribution is -2.34. The van der Waals surface area contributed by atoms with E-state index in [0.717, 1.165) is 0 Å². The molecule has 1 rings (SSSR count). The molecule has 0 amide bonds. The lowest BCUT2D eigenvalue weighted by molar-refractivity contribution is 0.0777. The molecule has 1 saturated heterocycles. The molecule has 2 N–H and O–H groups in total. The van der Waals surface area contributed by atoms with Crippen LogP contribution in [-0.2, 0) is 9.47 Å². The van der Waals surface area contributed by atoms with Crippen LogP contribution in [0.4, 0.5) is 0 Å². The highest BCUT2D eigenvalue weighted by Crippen LogP contribution is 2.04. The fraction of sp³-hybridized carbons (Fsp3) is 1.00. The summed E-state index contributed by atoms with van der Waals surface area (Å²) in [7, 11) is 1.65. The van der Waals surface area contributed by atoms with Gasteiger partial charge in [-0.3, -0.25) is 0 Å². The lowest BCUT2D eigenvalue weighted by atomic mass is 10.2. The SMILES string of the molecule is CO[C@H]1COC[C@@H]1N.Cl. The standard InChI is InChI=1S/C5H11NO2.ClH/c1-7-5-3-8-2-4(5)6;/h4-5H,2-3,6H2,1H3;1H/t4-,5-;/m0./s1. The van der Waals surface area contributed by atoms with Crippen LogP contribution < -0.4 is 5.73 Å². The van der Waals surface area contributed by atoms with Crippen molar-refractivity contribution in [1.82, 2.24) is 0 Å². The van der Waals surface area contributed by atoms with Crippen molar-refractivity contribution in [3.63, 3.8) is 0 Å². The van der Waals surface area contributed by atoms with Crippen LogP contribution in [0, 0.1) is 0 Å². The number of hydrogen-bond acceptors (Lipinski definition) is 3. The minimum Gasteiger partial charge on any atom is -0.377 e. The average Bonchev–Trinajstić information content (AvgIpc) is 2.14. The van der Waals surface area contributed by atoms with Crippen molar-refractivity contribution < 1.29 is 9.47 Å². The normalized spacial score (nSPS) is 34.0. The maximum Gasteiger partial charge on any atom is 0.0977 e. The third-order valence-corrected chi connectivity index (χ3v) is 1.37. The van der Waals surface area contributed by atoms with Gasteiger partial charge in [0.25, 0.3) is 0 Å². The Kier molecular flexibility index (Phi) is 4.14. The number of methoxy groups -OCH3 is 1. The zero-order valence-electron chi connectivity index (χ0n) is 5.37. The molecule has 0 radical (unpaired) electrons. The monoisotopic (exact) mass is 153 g/mol. The summed E-state index contributed by atoms with van der Waals surface area (Å²) in [5.41, 5.74) is 5.54. The van der Waals surface area contributed by atoms with Crippen molar-refractivity contribution in [3.05, 3.63) is 0 Å². The van der Waals surface area contributed by atoms with E-state index in [1.807, 2.05) is 0 Å². The second-order valence-corrected chi connectivity index (χ2v) is 1.98. The van der Waals surface area contributed by atoms with Crippen LogP contribution in [0.1, 0.15) is 0 Å². The summed E-state index contributed by atoms with van der Waals surface area (Å²) < 4.78 is 9.98. The van der Waals surface area contributed by atoms with Gasteiger partial charge in [-0.15, -0.1) is 12.4 Å². The van der Waals surface area contributed by atoms with Crippen LogP contribution in [-0.4, -0.2) is 32.5 Å². The van der Waals surface area contributed by atoms with E-state index < -0.39 is 0 Å². The van der Waals surface area contributed by atoms with E-state index in [2.05, 4.69) is 0 Å². The second kappa shape index (κ2) is 4.06. The van der Waals surface area contributed by atoms with Gasteiger partial charge in [-0.05, 0) is 0 Å². The summed E-state index contributed by atoms with van der Waals surface area (Å²) in [4.78, 5) is 0. The van der Waals surface area contributed by atoms with Gasteiger partial charge < -0.3 is 15.2 Å². The van der Waals surface area contributed by atoms with Gasteiger partial charge in [0.2, 0.25) is 0 Å². The first-order valence-corrected chi connectivity index (χ1v) is 2.70. The summed E-state index contributed by atoms with van der Waals surface area (Å²) in [5, 5.41) is 0. The Morgan fingerprint density at radius 1 is 1.56 bits per heavy atom. The van der Waals surface area contributed by atoms with Crippen LogP contribution >= 0.6 is 12.4 Å². The first-order chi connectivity index (χ1) is 3.84. The summed E-state index contributed by atoms with van der Waals surface area (Å²) >= 11 is 0. The molecule has 2 atom stereocenters. The topological polar surface area (TPSA) is 44.5 Å². The van der Waals surface area contributed by atoms with E-state index >= 15 is 0 Å². The van der Waals surface area contributed by atoms with Crippen LogP contribution in [0.2, 0.25) is 0 Å². The van der Waals surface area contributed by atoms with Gasteiger partial charge in [-0.25, -0.2) is 0 Å². The Balaban J connectivity index is 0.000000640. The van der Waals surface area contributed by atoms with Gasteiger partial charge in [0.15, 0.2) is 0 Å². The van der Waals surface area contributed by atoms with Gasteiger partial charge >= 0.3 is 0 Å². The van der Waals surface area contributed by atoms with E-state index in [9.17, 15) is 0 Å². The number of hydrogen-bond donors (Lipinski definition) is 1. The zero-order valence-corrected chi connectivity index (χ0v) is 6.19. The Labute approximate surface area is 60.9 Å². The zero-order chi connectivity index (χ0) is 5.98. The highest BCUT2D eigenvalue weighted by molar-refractivity contribution is 5.85. The Hall–Kier alpha value is 0.170. The molecule has 1 fully saturated rings. The van der Waals surface area contributed by atoms with Crippen LogP contribution in [0.3, 0.4) is 0 Å². The van der Waals surface area contributed by atoms with Crippen LogP contribution in [0.5, 0.6) is 0 Å². The molecule has 0 aromatic carbocycles. The molecule has 3 nitrogen and oxygen atoms in total. The Bertz CT molecular complexity index is 81.4. The van der Waals surface area contributed by atoms with Crippen LogP contribution in [0.25, 0.3) is 0 Å². The van der Waals surface area contributed by atoms with Crippen molar-refractivity contribution >= 4 is 12.4 Å². The van der Waals surface area contributed by atoms with Crippen molar-refractivity contribution in [2.24, 2.45) is 5.73 Å². The quantitative estimate of drug-likeness (QED) is 0.567. The number of nitrogens with two attached hydrogens (primary N) is 1. The minimum absolute atomic E-state index is 0. The van der Waals surface area contributed by atoms with Gasteiger partial charge in [0.05, 0.1) is 25.4 Å². The largest absolute Gasteiger partial charge is 0.377 e. The van der Waals surface area contributed by atoms with Crippen molar-refractivity contribution in [2.75, 3.05) is 20.3 Å². The number of halogens is 1. The number of ether oxygens (including phenoxy) is 2. The predicted octanol–water partition coefficient (Wildman–Crippen LogP) is -0.219. The molecule has 4 heteroatoms. The predicted molar refractivity (Wildman–Crippen MR) is 36.8 cm³/mol. The molecule has 0 aliphatic carbocycles. The maximum atomic E-state index is 5.54. The fourth-order valence-corrected chi connectivity index (χ4v) is 0.794. The van der Waals surface area contributed by atoms with Gasteiger partial charge in [-0.2, -0.15) is 0 Å². The Morgan fingerprint density at radius 3 is 2.44 bits per heavy atom. The van der Waals surface area contributed by atoms with Crippen LogP contribution in [0.15, 0.2) is 0 Å². The smallest absolute Gasteiger partial charge is 0.0977 e. The first-order valence-electron chi connectivity index (χ1n) is 2.70. The van der Waals surface area contributed by atoms with Gasteiger partial charge in [0.1, 0.15) is 0 Å². The molecule has 1 aliphatic heterocycles. The lowest BCUT2D eigenvalue weighted by Gasteiger charge is -2.08. The summed E-state index contributed by atoms with van der Waals surface area (Å²) in [6.07, 6.45) is 0.120. The fourth-order valence-electron chi connectivity index (χ4n) is 0.794. The molecular formula is C5H12ClNO2. The maximum absolute atomic E-state index is 5.54. The van der Waals surface area contributed by atoms with Crippen molar-refractivity contribution in [3.8, 4) is 0 Å². The molecule has 1 heterocycles. The second-order valence-electron chi connectivity index (χ2n) is 1.98. The van der Waals surface area contributed by atoms with E-state index in [4.69, 9.17) is 15.2 Å². The molecule has 0 saturated carbocycles. The van der Waals surface area contributed by atoms with Gasteiger partial charge in [-0.1, -0.05) is 0 Å². The van der Waals surface area contributed by atoms with E-state index in [1.165, 1.54) is 0 Å². The molecule has 0 aromatic heterocycles. The first kappa shape index (κ1) is 9.17. The van der Waals surface area contributed by atoms with Gasteiger partial charge in [0, 0.05) is 7.11 Å². The molecule has 0 unspecified atom stereocenters. The third kappa shape index (κ3) is 2.10. The highest BCUT2D eigenvalue weighted by Gasteiger charge is 2.23. The number of rotatable bonds is 1. The van der Waals surface area contributed by atoms with E-state index in [1.54, 1.807) is 7.11 Å². The van der Waals surface area contributed by atoms with E-state index in [0.29, 0.717) is 13.2 Å². The van der Waals surface area contributed by atoms with Crippen molar-refractivity contribution in [1.29, 1.82) is 0 Å². The molecular weight excluding hydrogens is 142 g/mol. The van der Waals surface area contributed by atoms with E-state index in [-0.39, 0.29) is 24.6 Å². The van der Waals surface area contributed by atoms with Crippen molar-refractivity contribution in [2.45, 2.75) is 12.1 Å². The Morgan fingerprint density at radius 2 is 2.22 bits per heavy atom. The molecule has 1 aliphatic rings. The molecule has 0 spiro atoms. The third-order valence-electron chi connectivity index (χ3n) is 1.37. The molecule has 9 heavy (non-hydrogen) atoms. The summed E-state index contributed by atoms with van der Waals surface area (Å²) in [6.45, 7) is 1.29. The average molecular weight is 154 g/mol. The molecule has 0 bridgehead atoms. The summed E-state index contributed by atoms with van der Waals surface area (Å²) in [6, 6.07) is 0.0833. The summed E-state index contributed by atoms with van der Waals surface area (Å²) in [5.74, 6) is 0. The molecule has 0 aromatic rings. The highest BCUT2D eigenvalue weighted by atomic mass is 35.5.